The van der Waals surface area contributed by atoms with Gasteiger partial charge in [0, 0.05) is 28.1 Å². The Balaban J connectivity index is 1.04. The summed E-state index contributed by atoms with van der Waals surface area (Å²) < 4.78 is 2.27. The van der Waals surface area contributed by atoms with Gasteiger partial charge in [0.1, 0.15) is 5.82 Å². The quantitative estimate of drug-likeness (QED) is 0.167. The molecule has 3 heteroatoms. The Morgan fingerprint density at radius 2 is 0.945 bits per heavy atom. The van der Waals surface area contributed by atoms with Gasteiger partial charge in [0.15, 0.2) is 0 Å². The summed E-state index contributed by atoms with van der Waals surface area (Å²) in [5, 5.41) is 9.78. The minimum Gasteiger partial charge on any atom is -0.294 e. The number of hydrogen-bond acceptors (Lipinski definition) is 2. The summed E-state index contributed by atoms with van der Waals surface area (Å²) in [6.07, 6.45) is 1.91. The summed E-state index contributed by atoms with van der Waals surface area (Å²) in [6.45, 7) is 0. The van der Waals surface area contributed by atoms with E-state index in [4.69, 9.17) is 9.97 Å². The van der Waals surface area contributed by atoms with Crippen LogP contribution in [0.5, 0.6) is 0 Å². The molecule has 3 aromatic heterocycles. The van der Waals surface area contributed by atoms with Crippen molar-refractivity contribution in [1.29, 1.82) is 0 Å². The standard InChI is InChI=1S/C52H33N3/c1-2-14-37(15-3-1)52-51-44-21-10-11-23-46(44)55(47(51)31-32-53-52)48-24-12-22-45(54-48)35-26-28-36(29-27-35)49-40-17-6-8-19-42(40)50(43-20-9-7-18-41(43)49)39-30-25-34-13-4-5-16-38(34)33-39/h1-33H. The van der Waals surface area contributed by atoms with Crippen LogP contribution < -0.4 is 0 Å². The molecule has 0 saturated heterocycles. The van der Waals surface area contributed by atoms with Crippen molar-refractivity contribution in [3.8, 4) is 50.6 Å². The first-order chi connectivity index (χ1) is 27.3. The highest BCUT2D eigenvalue weighted by Crippen LogP contribution is 2.44. The Morgan fingerprint density at radius 1 is 0.364 bits per heavy atom. The lowest BCUT2D eigenvalue weighted by Gasteiger charge is -2.18. The van der Waals surface area contributed by atoms with Gasteiger partial charge < -0.3 is 0 Å². The Morgan fingerprint density at radius 3 is 1.67 bits per heavy atom. The van der Waals surface area contributed by atoms with E-state index < -0.39 is 0 Å². The topological polar surface area (TPSA) is 30.7 Å². The van der Waals surface area contributed by atoms with Crippen molar-refractivity contribution in [2.45, 2.75) is 0 Å². The highest BCUT2D eigenvalue weighted by molar-refractivity contribution is 6.22. The lowest BCUT2D eigenvalue weighted by molar-refractivity contribution is 1.08. The second-order valence-corrected chi connectivity index (χ2v) is 14.1. The van der Waals surface area contributed by atoms with Gasteiger partial charge in [-0.05, 0) is 84.9 Å². The van der Waals surface area contributed by atoms with E-state index in [-0.39, 0.29) is 0 Å². The maximum absolute atomic E-state index is 5.30. The van der Waals surface area contributed by atoms with Crippen molar-refractivity contribution in [2.24, 2.45) is 0 Å². The molecule has 0 amide bonds. The Hall–Kier alpha value is -7.36. The van der Waals surface area contributed by atoms with Crippen LogP contribution in [-0.2, 0) is 0 Å². The van der Waals surface area contributed by atoms with Crippen LogP contribution in [0.4, 0.5) is 0 Å². The summed E-state index contributed by atoms with van der Waals surface area (Å²) in [6, 6.07) is 69.5. The summed E-state index contributed by atoms with van der Waals surface area (Å²) in [4.78, 5) is 10.2. The summed E-state index contributed by atoms with van der Waals surface area (Å²) >= 11 is 0. The fourth-order valence-electron chi connectivity index (χ4n) is 8.59. The molecule has 0 saturated carbocycles. The van der Waals surface area contributed by atoms with Crippen LogP contribution in [0.2, 0.25) is 0 Å². The van der Waals surface area contributed by atoms with Crippen LogP contribution >= 0.6 is 0 Å². The molecular weight excluding hydrogens is 667 g/mol. The van der Waals surface area contributed by atoms with Gasteiger partial charge in [-0.2, -0.15) is 0 Å². The van der Waals surface area contributed by atoms with Crippen molar-refractivity contribution in [2.75, 3.05) is 0 Å². The number of hydrogen-bond donors (Lipinski definition) is 0. The summed E-state index contributed by atoms with van der Waals surface area (Å²) in [5.74, 6) is 0.874. The zero-order valence-corrected chi connectivity index (χ0v) is 29.9. The maximum Gasteiger partial charge on any atom is 0.138 e. The van der Waals surface area contributed by atoms with Gasteiger partial charge in [-0.15, -0.1) is 0 Å². The number of benzene rings is 8. The summed E-state index contributed by atoms with van der Waals surface area (Å²) in [5.41, 5.74) is 11.2. The predicted molar refractivity (Wildman–Crippen MR) is 231 cm³/mol. The molecule has 0 atom stereocenters. The zero-order chi connectivity index (χ0) is 36.3. The first kappa shape index (κ1) is 31.2. The highest BCUT2D eigenvalue weighted by atomic mass is 15.1. The van der Waals surface area contributed by atoms with Gasteiger partial charge in [-0.25, -0.2) is 4.98 Å². The highest BCUT2D eigenvalue weighted by Gasteiger charge is 2.19. The number of rotatable bonds is 5. The minimum absolute atomic E-state index is 0.874. The number of aromatic nitrogens is 3. The molecule has 3 nitrogen and oxygen atoms in total. The van der Waals surface area contributed by atoms with E-state index in [1.165, 1.54) is 54.6 Å². The lowest BCUT2D eigenvalue weighted by Crippen LogP contribution is -1.98. The Labute approximate surface area is 318 Å². The van der Waals surface area contributed by atoms with E-state index in [2.05, 4.69) is 193 Å². The van der Waals surface area contributed by atoms with Crippen molar-refractivity contribution in [3.63, 3.8) is 0 Å². The van der Waals surface area contributed by atoms with Crippen LogP contribution in [0, 0.1) is 0 Å². The third-order valence-corrected chi connectivity index (χ3v) is 11.0. The number of fused-ring (bicyclic) bond motifs is 6. The largest absolute Gasteiger partial charge is 0.294 e. The van der Waals surface area contributed by atoms with E-state index in [0.29, 0.717) is 0 Å². The fraction of sp³-hybridized carbons (Fsp3) is 0. The molecule has 0 unspecified atom stereocenters. The second-order valence-electron chi connectivity index (χ2n) is 14.1. The van der Waals surface area contributed by atoms with Crippen LogP contribution in [0.3, 0.4) is 0 Å². The van der Waals surface area contributed by atoms with Crippen LogP contribution in [0.25, 0.3) is 105 Å². The van der Waals surface area contributed by atoms with Crippen LogP contribution in [0.1, 0.15) is 0 Å². The lowest BCUT2D eigenvalue weighted by atomic mass is 9.85. The van der Waals surface area contributed by atoms with Crippen molar-refractivity contribution in [3.05, 3.63) is 200 Å². The van der Waals surface area contributed by atoms with Crippen molar-refractivity contribution >= 4 is 54.1 Å². The van der Waals surface area contributed by atoms with E-state index in [9.17, 15) is 0 Å². The SMILES string of the molecule is c1ccc(-c2nccc3c2c2ccccc2n3-c2cccc(-c3ccc(-c4c5ccccc5c(-c5ccc6ccccc6c5)c5ccccc45)cc3)n2)cc1. The molecule has 0 fully saturated rings. The zero-order valence-electron chi connectivity index (χ0n) is 29.9. The van der Waals surface area contributed by atoms with Gasteiger partial charge in [0.25, 0.3) is 0 Å². The monoisotopic (exact) mass is 699 g/mol. The van der Waals surface area contributed by atoms with Crippen molar-refractivity contribution < 1.29 is 0 Å². The third-order valence-electron chi connectivity index (χ3n) is 11.0. The minimum atomic E-state index is 0.874. The molecule has 0 aliphatic heterocycles. The summed E-state index contributed by atoms with van der Waals surface area (Å²) in [7, 11) is 0. The van der Waals surface area contributed by atoms with Gasteiger partial charge >= 0.3 is 0 Å². The normalized spacial score (nSPS) is 11.6. The molecule has 0 N–H and O–H groups in total. The number of nitrogens with zero attached hydrogens (tertiary/aromatic N) is 3. The molecule has 0 radical (unpaired) electrons. The Kier molecular flexibility index (Phi) is 7.17. The molecule has 256 valence electrons. The first-order valence-corrected chi connectivity index (χ1v) is 18.7. The van der Waals surface area contributed by atoms with Crippen LogP contribution in [-0.4, -0.2) is 14.5 Å². The smallest absolute Gasteiger partial charge is 0.138 e. The molecular formula is C52H33N3. The van der Waals surface area contributed by atoms with Crippen LogP contribution in [0.15, 0.2) is 200 Å². The number of para-hydroxylation sites is 1. The number of pyridine rings is 2. The third kappa shape index (κ3) is 5.05. The first-order valence-electron chi connectivity index (χ1n) is 18.7. The molecule has 55 heavy (non-hydrogen) atoms. The van der Waals surface area contributed by atoms with Gasteiger partial charge in [-0.1, -0.05) is 164 Å². The van der Waals surface area contributed by atoms with Gasteiger partial charge in [-0.3, -0.25) is 9.55 Å². The predicted octanol–water partition coefficient (Wildman–Crippen LogP) is 13.7. The van der Waals surface area contributed by atoms with E-state index >= 15 is 0 Å². The Bertz CT molecular complexity index is 3190. The molecule has 11 aromatic rings. The average Bonchev–Trinajstić information content (AvgIpc) is 3.60. The fourth-order valence-corrected chi connectivity index (χ4v) is 8.59. The molecule has 8 aromatic carbocycles. The van der Waals surface area contributed by atoms with Gasteiger partial charge in [0.05, 0.1) is 22.4 Å². The second kappa shape index (κ2) is 12.6. The van der Waals surface area contributed by atoms with E-state index in [1.807, 2.05) is 12.3 Å². The molecule has 0 bridgehead atoms. The van der Waals surface area contributed by atoms with Crippen molar-refractivity contribution in [1.82, 2.24) is 14.5 Å². The van der Waals surface area contributed by atoms with E-state index in [0.717, 1.165) is 50.1 Å². The molecule has 0 aliphatic carbocycles. The molecule has 11 rings (SSSR count). The van der Waals surface area contributed by atoms with Gasteiger partial charge in [0.2, 0.25) is 0 Å². The average molecular weight is 700 g/mol. The maximum atomic E-state index is 5.30. The molecule has 0 spiro atoms. The molecule has 0 aliphatic rings. The van der Waals surface area contributed by atoms with E-state index in [1.54, 1.807) is 0 Å². The molecule has 3 heterocycles.